The van der Waals surface area contributed by atoms with Crippen LogP contribution in [0.3, 0.4) is 0 Å². The molecular weight excluding hydrogens is 230 g/mol. The van der Waals surface area contributed by atoms with E-state index in [-0.39, 0.29) is 6.10 Å². The first kappa shape index (κ1) is 13.1. The maximum Gasteiger partial charge on any atom is 0.0541 e. The molecule has 1 aliphatic rings. The van der Waals surface area contributed by atoms with E-state index in [1.165, 1.54) is 15.3 Å². The third-order valence-electron chi connectivity index (χ3n) is 3.73. The van der Waals surface area contributed by atoms with Crippen LogP contribution in [0.25, 0.3) is 0 Å². The number of aliphatic hydroxyl groups excluding tert-OH is 1. The molecule has 1 fully saturated rings. The predicted molar refractivity (Wildman–Crippen MR) is 73.6 cm³/mol. The molecule has 1 saturated carbocycles. The summed E-state index contributed by atoms with van der Waals surface area (Å²) in [6.45, 7) is 6.63. The van der Waals surface area contributed by atoms with Gasteiger partial charge in [0.25, 0.3) is 0 Å². The fraction of sp³-hybridized carbons (Fsp3) is 0.714. The largest absolute Gasteiger partial charge is 0.393 e. The molecule has 1 unspecified atom stereocenters. The Morgan fingerprint density at radius 2 is 1.94 bits per heavy atom. The fourth-order valence-corrected chi connectivity index (χ4v) is 3.79. The summed E-state index contributed by atoms with van der Waals surface area (Å²) in [5, 5.41) is 13.2. The van der Waals surface area contributed by atoms with Crippen molar-refractivity contribution in [3.8, 4) is 0 Å². The lowest BCUT2D eigenvalue weighted by atomic mass is 9.92. The van der Waals surface area contributed by atoms with E-state index in [0.29, 0.717) is 12.1 Å². The second kappa shape index (κ2) is 5.51. The number of hydrogen-bond acceptors (Lipinski definition) is 3. The van der Waals surface area contributed by atoms with Crippen LogP contribution in [0.15, 0.2) is 6.07 Å². The highest BCUT2D eigenvalue weighted by Gasteiger charge is 2.21. The highest BCUT2D eigenvalue weighted by molar-refractivity contribution is 7.12. The standard InChI is InChI=1S/C14H23NOS/c1-9-8-14(11(3)17-9)10(2)15-12-4-6-13(16)7-5-12/h8,10,12-13,15-16H,4-7H2,1-3H3. The van der Waals surface area contributed by atoms with Gasteiger partial charge in [0.05, 0.1) is 6.10 Å². The van der Waals surface area contributed by atoms with Gasteiger partial charge in [0, 0.05) is 21.8 Å². The zero-order valence-corrected chi connectivity index (χ0v) is 11.8. The molecule has 96 valence electrons. The summed E-state index contributed by atoms with van der Waals surface area (Å²) >= 11 is 1.88. The molecule has 2 rings (SSSR count). The van der Waals surface area contributed by atoms with Gasteiger partial charge in [-0.05, 0) is 58.1 Å². The second-order valence-electron chi connectivity index (χ2n) is 5.26. The van der Waals surface area contributed by atoms with E-state index in [0.717, 1.165) is 25.7 Å². The van der Waals surface area contributed by atoms with E-state index in [2.05, 4.69) is 32.2 Å². The number of aliphatic hydroxyl groups is 1. The molecular formula is C14H23NOS. The van der Waals surface area contributed by atoms with Crippen LogP contribution in [-0.4, -0.2) is 17.3 Å². The molecule has 3 heteroatoms. The summed E-state index contributed by atoms with van der Waals surface area (Å²) in [7, 11) is 0. The zero-order valence-electron chi connectivity index (χ0n) is 11.0. The first-order valence-electron chi connectivity index (χ1n) is 6.57. The lowest BCUT2D eigenvalue weighted by Gasteiger charge is -2.29. The van der Waals surface area contributed by atoms with Gasteiger partial charge in [-0.1, -0.05) is 0 Å². The van der Waals surface area contributed by atoms with E-state index >= 15 is 0 Å². The molecule has 1 heterocycles. The van der Waals surface area contributed by atoms with Crippen molar-refractivity contribution in [3.63, 3.8) is 0 Å². The minimum atomic E-state index is -0.0616. The van der Waals surface area contributed by atoms with Crippen molar-refractivity contribution >= 4 is 11.3 Å². The molecule has 1 aromatic rings. The third kappa shape index (κ3) is 3.30. The van der Waals surface area contributed by atoms with Gasteiger partial charge in [-0.2, -0.15) is 0 Å². The van der Waals surface area contributed by atoms with Gasteiger partial charge >= 0.3 is 0 Å². The molecule has 0 aliphatic heterocycles. The van der Waals surface area contributed by atoms with Crippen LogP contribution in [0.5, 0.6) is 0 Å². The number of nitrogens with one attached hydrogen (secondary N) is 1. The van der Waals surface area contributed by atoms with Gasteiger partial charge in [0.2, 0.25) is 0 Å². The van der Waals surface area contributed by atoms with Crippen molar-refractivity contribution in [1.82, 2.24) is 5.32 Å². The van der Waals surface area contributed by atoms with Gasteiger partial charge < -0.3 is 10.4 Å². The number of aryl methyl sites for hydroxylation is 2. The van der Waals surface area contributed by atoms with Crippen LogP contribution in [0.1, 0.15) is 54.0 Å². The van der Waals surface area contributed by atoms with Gasteiger partial charge in [0.15, 0.2) is 0 Å². The fourth-order valence-electron chi connectivity index (χ4n) is 2.77. The van der Waals surface area contributed by atoms with Crippen molar-refractivity contribution < 1.29 is 5.11 Å². The van der Waals surface area contributed by atoms with Crippen molar-refractivity contribution in [1.29, 1.82) is 0 Å². The zero-order chi connectivity index (χ0) is 12.4. The van der Waals surface area contributed by atoms with Crippen LogP contribution in [0.2, 0.25) is 0 Å². The van der Waals surface area contributed by atoms with Gasteiger partial charge in [-0.25, -0.2) is 0 Å². The van der Waals surface area contributed by atoms with Crippen LogP contribution in [-0.2, 0) is 0 Å². The first-order valence-corrected chi connectivity index (χ1v) is 7.39. The molecule has 1 aromatic heterocycles. The van der Waals surface area contributed by atoms with E-state index in [1.807, 2.05) is 11.3 Å². The number of hydrogen-bond donors (Lipinski definition) is 2. The minimum absolute atomic E-state index is 0.0616. The first-order chi connectivity index (χ1) is 8.06. The quantitative estimate of drug-likeness (QED) is 0.866. The summed E-state index contributed by atoms with van der Waals surface area (Å²) in [5.74, 6) is 0. The monoisotopic (exact) mass is 253 g/mol. The average Bonchev–Trinajstić information content (AvgIpc) is 2.61. The SMILES string of the molecule is Cc1cc(C(C)NC2CCC(O)CC2)c(C)s1. The van der Waals surface area contributed by atoms with E-state index in [9.17, 15) is 5.11 Å². The van der Waals surface area contributed by atoms with Crippen molar-refractivity contribution in [3.05, 3.63) is 21.4 Å². The summed E-state index contributed by atoms with van der Waals surface area (Å²) in [6.07, 6.45) is 4.05. The molecule has 1 aliphatic carbocycles. The normalized spacial score (nSPS) is 27.1. The molecule has 2 nitrogen and oxygen atoms in total. The van der Waals surface area contributed by atoms with E-state index in [4.69, 9.17) is 0 Å². The molecule has 0 aromatic carbocycles. The Kier molecular flexibility index (Phi) is 4.23. The lowest BCUT2D eigenvalue weighted by molar-refractivity contribution is 0.114. The Labute approximate surface area is 108 Å². The van der Waals surface area contributed by atoms with Crippen LogP contribution >= 0.6 is 11.3 Å². The molecule has 17 heavy (non-hydrogen) atoms. The topological polar surface area (TPSA) is 32.3 Å². The lowest BCUT2D eigenvalue weighted by Crippen LogP contribution is -2.36. The Hall–Kier alpha value is -0.380. The number of rotatable bonds is 3. The molecule has 0 radical (unpaired) electrons. The highest BCUT2D eigenvalue weighted by atomic mass is 32.1. The summed E-state index contributed by atoms with van der Waals surface area (Å²) in [4.78, 5) is 2.82. The number of thiophene rings is 1. The van der Waals surface area contributed by atoms with Crippen molar-refractivity contribution in [2.24, 2.45) is 0 Å². The second-order valence-corrected chi connectivity index (χ2v) is 6.72. The summed E-state index contributed by atoms with van der Waals surface area (Å²) < 4.78 is 0. The van der Waals surface area contributed by atoms with Crippen molar-refractivity contribution in [2.75, 3.05) is 0 Å². The average molecular weight is 253 g/mol. The predicted octanol–water partition coefficient (Wildman–Crippen LogP) is 3.32. The Bertz CT molecular complexity index is 366. The molecule has 0 saturated heterocycles. The highest BCUT2D eigenvalue weighted by Crippen LogP contribution is 2.28. The van der Waals surface area contributed by atoms with Crippen molar-refractivity contribution in [2.45, 2.75) is 64.6 Å². The molecule has 0 amide bonds. The molecule has 1 atom stereocenters. The van der Waals surface area contributed by atoms with Gasteiger partial charge in [-0.15, -0.1) is 11.3 Å². The maximum atomic E-state index is 9.50. The van der Waals surface area contributed by atoms with Crippen LogP contribution < -0.4 is 5.32 Å². The maximum absolute atomic E-state index is 9.50. The Morgan fingerprint density at radius 3 is 2.47 bits per heavy atom. The Morgan fingerprint density at radius 1 is 1.29 bits per heavy atom. The smallest absolute Gasteiger partial charge is 0.0541 e. The summed E-state index contributed by atoms with van der Waals surface area (Å²) in [5.41, 5.74) is 1.44. The van der Waals surface area contributed by atoms with Gasteiger partial charge in [-0.3, -0.25) is 0 Å². The van der Waals surface area contributed by atoms with Crippen LogP contribution in [0, 0.1) is 13.8 Å². The van der Waals surface area contributed by atoms with E-state index in [1.54, 1.807) is 0 Å². The summed E-state index contributed by atoms with van der Waals surface area (Å²) in [6, 6.07) is 3.31. The van der Waals surface area contributed by atoms with Gasteiger partial charge in [0.1, 0.15) is 0 Å². The molecule has 0 bridgehead atoms. The minimum Gasteiger partial charge on any atom is -0.393 e. The van der Waals surface area contributed by atoms with E-state index < -0.39 is 0 Å². The molecule has 2 N–H and O–H groups in total. The van der Waals surface area contributed by atoms with Crippen LogP contribution in [0.4, 0.5) is 0 Å². The molecule has 0 spiro atoms. The third-order valence-corrected chi connectivity index (χ3v) is 4.71. The Balaban J connectivity index is 1.93.